The van der Waals surface area contributed by atoms with Gasteiger partial charge in [-0.05, 0) is 48.9 Å². The van der Waals surface area contributed by atoms with Gasteiger partial charge in [0.2, 0.25) is 0 Å². The Morgan fingerprint density at radius 3 is 2.35 bits per heavy atom. The van der Waals surface area contributed by atoms with E-state index >= 15 is 0 Å². The van der Waals surface area contributed by atoms with E-state index in [2.05, 4.69) is 25.1 Å². The molecule has 2 aromatic rings. The van der Waals surface area contributed by atoms with Gasteiger partial charge in [-0.15, -0.1) is 0 Å². The van der Waals surface area contributed by atoms with Crippen LogP contribution in [0, 0.1) is 5.92 Å². The van der Waals surface area contributed by atoms with Crippen LogP contribution in [0.1, 0.15) is 37.0 Å². The van der Waals surface area contributed by atoms with Gasteiger partial charge in [0, 0.05) is 0 Å². The highest BCUT2D eigenvalue weighted by Gasteiger charge is 2.10. The third-order valence-corrected chi connectivity index (χ3v) is 3.79. The summed E-state index contributed by atoms with van der Waals surface area (Å²) in [4.78, 5) is 12.1. The SMILES string of the molecule is CC=CCCC(C)COC(=O)c1ccc(-c2ccccc2)cc1. The van der Waals surface area contributed by atoms with Crippen LogP contribution < -0.4 is 0 Å². The molecule has 0 saturated heterocycles. The molecule has 1 atom stereocenters. The molecule has 0 amide bonds. The van der Waals surface area contributed by atoms with Crippen LogP contribution in [-0.4, -0.2) is 12.6 Å². The van der Waals surface area contributed by atoms with E-state index in [1.54, 1.807) is 0 Å². The second-order valence-electron chi connectivity index (χ2n) is 5.79. The highest BCUT2D eigenvalue weighted by molar-refractivity contribution is 5.90. The van der Waals surface area contributed by atoms with Crippen LogP contribution in [0.3, 0.4) is 0 Å². The summed E-state index contributed by atoms with van der Waals surface area (Å²) in [5.41, 5.74) is 2.84. The van der Waals surface area contributed by atoms with Gasteiger partial charge in [-0.3, -0.25) is 0 Å². The van der Waals surface area contributed by atoms with Crippen molar-refractivity contribution in [2.45, 2.75) is 26.7 Å². The molecular formula is C21H24O2. The van der Waals surface area contributed by atoms with Crippen molar-refractivity contribution in [3.05, 3.63) is 72.3 Å². The van der Waals surface area contributed by atoms with E-state index in [0.29, 0.717) is 18.1 Å². The lowest BCUT2D eigenvalue weighted by atomic mass is 10.0. The summed E-state index contributed by atoms with van der Waals surface area (Å²) in [6.45, 7) is 4.59. The van der Waals surface area contributed by atoms with Gasteiger partial charge in [-0.2, -0.15) is 0 Å². The Labute approximate surface area is 138 Å². The van der Waals surface area contributed by atoms with Crippen molar-refractivity contribution in [2.24, 2.45) is 5.92 Å². The molecular weight excluding hydrogens is 284 g/mol. The van der Waals surface area contributed by atoms with E-state index in [-0.39, 0.29) is 5.97 Å². The maximum absolute atomic E-state index is 12.1. The molecule has 2 nitrogen and oxygen atoms in total. The fraction of sp³-hybridized carbons (Fsp3) is 0.286. The fourth-order valence-corrected chi connectivity index (χ4v) is 2.36. The molecule has 2 heteroatoms. The lowest BCUT2D eigenvalue weighted by Crippen LogP contribution is -2.12. The normalized spacial score (nSPS) is 12.3. The van der Waals surface area contributed by atoms with Crippen molar-refractivity contribution in [1.29, 1.82) is 0 Å². The van der Waals surface area contributed by atoms with Crippen LogP contribution >= 0.6 is 0 Å². The molecule has 0 aliphatic heterocycles. The highest BCUT2D eigenvalue weighted by Crippen LogP contribution is 2.19. The van der Waals surface area contributed by atoms with E-state index in [9.17, 15) is 4.79 Å². The van der Waals surface area contributed by atoms with Gasteiger partial charge in [-0.1, -0.05) is 61.5 Å². The third-order valence-electron chi connectivity index (χ3n) is 3.79. The van der Waals surface area contributed by atoms with Crippen LogP contribution in [-0.2, 0) is 4.74 Å². The first-order valence-corrected chi connectivity index (χ1v) is 8.14. The van der Waals surface area contributed by atoms with Crippen molar-refractivity contribution in [1.82, 2.24) is 0 Å². The number of ether oxygens (including phenoxy) is 1. The average molecular weight is 308 g/mol. The number of hydrogen-bond acceptors (Lipinski definition) is 2. The average Bonchev–Trinajstić information content (AvgIpc) is 2.61. The maximum atomic E-state index is 12.1. The Morgan fingerprint density at radius 1 is 1.04 bits per heavy atom. The molecule has 0 bridgehead atoms. The number of carbonyl (C=O) groups is 1. The number of esters is 1. The van der Waals surface area contributed by atoms with Gasteiger partial charge in [0.15, 0.2) is 0 Å². The summed E-state index contributed by atoms with van der Waals surface area (Å²) in [7, 11) is 0. The van der Waals surface area contributed by atoms with Gasteiger partial charge in [0.05, 0.1) is 12.2 Å². The highest BCUT2D eigenvalue weighted by atomic mass is 16.5. The van der Waals surface area contributed by atoms with Crippen LogP contribution in [0.4, 0.5) is 0 Å². The number of carbonyl (C=O) groups excluding carboxylic acids is 1. The molecule has 0 saturated carbocycles. The van der Waals surface area contributed by atoms with Gasteiger partial charge in [0.1, 0.15) is 0 Å². The summed E-state index contributed by atoms with van der Waals surface area (Å²) < 4.78 is 5.40. The summed E-state index contributed by atoms with van der Waals surface area (Å²) >= 11 is 0. The van der Waals surface area contributed by atoms with Crippen molar-refractivity contribution in [2.75, 3.05) is 6.61 Å². The van der Waals surface area contributed by atoms with Crippen molar-refractivity contribution < 1.29 is 9.53 Å². The zero-order valence-corrected chi connectivity index (χ0v) is 13.9. The van der Waals surface area contributed by atoms with Crippen LogP contribution in [0.15, 0.2) is 66.7 Å². The minimum absolute atomic E-state index is 0.248. The number of hydrogen-bond donors (Lipinski definition) is 0. The molecule has 23 heavy (non-hydrogen) atoms. The first-order chi connectivity index (χ1) is 11.2. The Hall–Kier alpha value is -2.35. The van der Waals surface area contributed by atoms with Crippen LogP contribution in [0.2, 0.25) is 0 Å². The lowest BCUT2D eigenvalue weighted by Gasteiger charge is -2.11. The van der Waals surface area contributed by atoms with Crippen molar-refractivity contribution >= 4 is 5.97 Å². The molecule has 0 heterocycles. The Balaban J connectivity index is 1.88. The minimum Gasteiger partial charge on any atom is -0.462 e. The molecule has 0 aliphatic rings. The molecule has 0 aliphatic carbocycles. The van der Waals surface area contributed by atoms with Crippen molar-refractivity contribution in [3.63, 3.8) is 0 Å². The van der Waals surface area contributed by atoms with Crippen LogP contribution in [0.5, 0.6) is 0 Å². The van der Waals surface area contributed by atoms with E-state index in [1.807, 2.05) is 55.5 Å². The Kier molecular flexibility index (Phi) is 6.61. The summed E-state index contributed by atoms with van der Waals surface area (Å²) in [6, 6.07) is 17.7. The molecule has 0 fully saturated rings. The zero-order chi connectivity index (χ0) is 16.5. The lowest BCUT2D eigenvalue weighted by molar-refractivity contribution is 0.0445. The molecule has 0 spiro atoms. The standard InChI is InChI=1S/C21H24O2/c1-3-4-6-9-17(2)16-23-21(22)20-14-12-19(13-15-20)18-10-7-5-8-11-18/h3-5,7-8,10-15,17H,6,9,16H2,1-2H3. The van der Waals surface area contributed by atoms with Gasteiger partial charge in [-0.25, -0.2) is 4.79 Å². The Morgan fingerprint density at radius 2 is 1.70 bits per heavy atom. The summed E-state index contributed by atoms with van der Waals surface area (Å²) in [5, 5.41) is 0. The zero-order valence-electron chi connectivity index (χ0n) is 13.9. The maximum Gasteiger partial charge on any atom is 0.338 e. The molecule has 1 unspecified atom stereocenters. The molecule has 2 rings (SSSR count). The molecule has 120 valence electrons. The topological polar surface area (TPSA) is 26.3 Å². The summed E-state index contributed by atoms with van der Waals surface area (Å²) in [5.74, 6) is 0.126. The second kappa shape index (κ2) is 8.94. The van der Waals surface area contributed by atoms with E-state index in [1.165, 1.54) is 0 Å². The number of allylic oxidation sites excluding steroid dienone is 2. The predicted octanol–water partition coefficient (Wildman–Crippen LogP) is 5.50. The fourth-order valence-electron chi connectivity index (χ4n) is 2.36. The van der Waals surface area contributed by atoms with Gasteiger partial charge >= 0.3 is 5.97 Å². The van der Waals surface area contributed by atoms with E-state index in [4.69, 9.17) is 4.74 Å². The van der Waals surface area contributed by atoms with Gasteiger partial charge in [0.25, 0.3) is 0 Å². The van der Waals surface area contributed by atoms with Crippen LogP contribution in [0.25, 0.3) is 11.1 Å². The predicted molar refractivity (Wildman–Crippen MR) is 95.4 cm³/mol. The molecule has 0 radical (unpaired) electrons. The van der Waals surface area contributed by atoms with E-state index in [0.717, 1.165) is 24.0 Å². The Bertz CT molecular complexity index is 627. The summed E-state index contributed by atoms with van der Waals surface area (Å²) in [6.07, 6.45) is 6.25. The molecule has 0 aromatic heterocycles. The molecule has 0 N–H and O–H groups in total. The van der Waals surface area contributed by atoms with E-state index < -0.39 is 0 Å². The number of benzene rings is 2. The largest absolute Gasteiger partial charge is 0.462 e. The molecule has 2 aromatic carbocycles. The third kappa shape index (κ3) is 5.41. The quantitative estimate of drug-likeness (QED) is 0.498. The van der Waals surface area contributed by atoms with Crippen molar-refractivity contribution in [3.8, 4) is 11.1 Å². The van der Waals surface area contributed by atoms with Gasteiger partial charge < -0.3 is 4.74 Å². The first-order valence-electron chi connectivity index (χ1n) is 8.14. The first kappa shape index (κ1) is 17.0. The minimum atomic E-state index is -0.248. The monoisotopic (exact) mass is 308 g/mol. The second-order valence-corrected chi connectivity index (χ2v) is 5.79. The number of rotatable bonds is 7. The smallest absolute Gasteiger partial charge is 0.338 e.